The summed E-state index contributed by atoms with van der Waals surface area (Å²) < 4.78 is 28.3. The first-order chi connectivity index (χ1) is 18.2. The lowest BCUT2D eigenvalue weighted by molar-refractivity contribution is -0.129. The second kappa shape index (κ2) is 10.2. The number of amides is 3. The molecular formula is C27H28N4O5S2. The molecule has 2 aliphatic rings. The molecule has 0 unspecified atom stereocenters. The first-order valence-electron chi connectivity index (χ1n) is 12.3. The number of anilines is 2. The van der Waals surface area contributed by atoms with Crippen LogP contribution in [-0.2, 0) is 34.2 Å². The highest BCUT2D eigenvalue weighted by atomic mass is 32.2. The molecule has 5 rings (SSSR count). The van der Waals surface area contributed by atoms with Gasteiger partial charge in [-0.3, -0.25) is 18.7 Å². The Labute approximate surface area is 225 Å². The summed E-state index contributed by atoms with van der Waals surface area (Å²) in [4.78, 5) is 40.3. The van der Waals surface area contributed by atoms with Crippen LogP contribution >= 0.6 is 11.3 Å². The van der Waals surface area contributed by atoms with Crippen LogP contribution in [0.1, 0.15) is 50.1 Å². The summed E-state index contributed by atoms with van der Waals surface area (Å²) in [6.45, 7) is 2.80. The van der Waals surface area contributed by atoms with E-state index in [1.807, 2.05) is 24.3 Å². The number of hydrogen-bond acceptors (Lipinski definition) is 6. The second-order valence-electron chi connectivity index (χ2n) is 9.27. The quantitative estimate of drug-likeness (QED) is 0.503. The Morgan fingerprint density at radius 3 is 2.39 bits per heavy atom. The van der Waals surface area contributed by atoms with Crippen molar-refractivity contribution in [2.75, 3.05) is 29.8 Å². The Balaban J connectivity index is 1.39. The van der Waals surface area contributed by atoms with Crippen molar-refractivity contribution in [3.63, 3.8) is 0 Å². The Morgan fingerprint density at radius 2 is 1.68 bits per heavy atom. The maximum absolute atomic E-state index is 13.4. The van der Waals surface area contributed by atoms with E-state index < -0.39 is 15.9 Å². The number of nitrogens with one attached hydrogen (secondary N) is 2. The minimum absolute atomic E-state index is 0.0424. The third-order valence-corrected chi connectivity index (χ3v) is 9.92. The summed E-state index contributed by atoms with van der Waals surface area (Å²) in [6.07, 6.45) is 2.09. The zero-order valence-electron chi connectivity index (χ0n) is 21.1. The van der Waals surface area contributed by atoms with E-state index in [4.69, 9.17) is 0 Å². The number of carbonyl (C=O) groups is 3. The van der Waals surface area contributed by atoms with E-state index in [1.165, 1.54) is 53.9 Å². The molecule has 0 atom stereocenters. The number of aryl methyl sites for hydroxylation is 1. The fourth-order valence-electron chi connectivity index (χ4n) is 4.96. The largest absolute Gasteiger partial charge is 0.355 e. The molecule has 3 heterocycles. The highest BCUT2D eigenvalue weighted by Gasteiger charge is 2.31. The number of hydrogen-bond donors (Lipinski definition) is 2. The van der Waals surface area contributed by atoms with E-state index >= 15 is 0 Å². The average molecular weight is 553 g/mol. The molecule has 2 aliphatic heterocycles. The number of benzene rings is 2. The number of para-hydroxylation sites is 1. The summed E-state index contributed by atoms with van der Waals surface area (Å²) >= 11 is 1.28. The molecule has 1 aromatic heterocycles. The average Bonchev–Trinajstić information content (AvgIpc) is 3.29. The molecule has 0 saturated carbocycles. The lowest BCUT2D eigenvalue weighted by atomic mass is 10.0. The highest BCUT2D eigenvalue weighted by Crippen LogP contribution is 2.38. The number of sulfonamides is 1. The molecule has 2 aromatic carbocycles. The Bertz CT molecular complexity index is 1530. The fraction of sp³-hybridized carbons (Fsp3) is 0.296. The predicted molar refractivity (Wildman–Crippen MR) is 146 cm³/mol. The van der Waals surface area contributed by atoms with Gasteiger partial charge in [0.1, 0.15) is 5.00 Å². The summed E-state index contributed by atoms with van der Waals surface area (Å²) in [5, 5.41) is 5.87. The van der Waals surface area contributed by atoms with E-state index in [2.05, 4.69) is 10.6 Å². The van der Waals surface area contributed by atoms with Gasteiger partial charge in [-0.15, -0.1) is 11.3 Å². The zero-order chi connectivity index (χ0) is 27.0. The topological polar surface area (TPSA) is 116 Å². The third kappa shape index (κ3) is 4.67. The van der Waals surface area contributed by atoms with Gasteiger partial charge >= 0.3 is 0 Å². The number of carbonyl (C=O) groups excluding carboxylic acids is 3. The van der Waals surface area contributed by atoms with Crippen LogP contribution in [-0.4, -0.2) is 51.2 Å². The van der Waals surface area contributed by atoms with Gasteiger partial charge in [-0.05, 0) is 60.7 Å². The molecule has 11 heteroatoms. The molecular weight excluding hydrogens is 524 g/mol. The van der Waals surface area contributed by atoms with Gasteiger partial charge in [-0.25, -0.2) is 8.42 Å². The van der Waals surface area contributed by atoms with Crippen LogP contribution in [0.3, 0.4) is 0 Å². The normalized spacial score (nSPS) is 14.9. The summed E-state index contributed by atoms with van der Waals surface area (Å²) in [5.74, 6) is -0.805. The van der Waals surface area contributed by atoms with Crippen LogP contribution in [0.4, 0.5) is 10.7 Å². The van der Waals surface area contributed by atoms with Crippen LogP contribution in [0.25, 0.3) is 0 Å². The number of rotatable bonds is 5. The summed E-state index contributed by atoms with van der Waals surface area (Å²) in [7, 11) is -2.26. The lowest BCUT2D eigenvalue weighted by Crippen LogP contribution is -2.35. The first kappa shape index (κ1) is 25.9. The molecule has 0 aliphatic carbocycles. The number of fused-ring (bicyclic) bond motifs is 2. The van der Waals surface area contributed by atoms with E-state index in [1.54, 1.807) is 4.90 Å². The number of thiophene rings is 1. The van der Waals surface area contributed by atoms with Gasteiger partial charge < -0.3 is 15.5 Å². The van der Waals surface area contributed by atoms with Gasteiger partial charge in [-0.2, -0.15) is 0 Å². The van der Waals surface area contributed by atoms with Crippen molar-refractivity contribution in [1.82, 2.24) is 10.2 Å². The SMILES string of the molecule is CNC(=O)c1c(NC(=O)c2ccc(S(=O)(=O)N3CCCc4ccccc43)cc2)sc2c1CCN(C(C)=O)C2. The molecule has 0 bridgehead atoms. The van der Waals surface area contributed by atoms with Crippen LogP contribution in [0, 0.1) is 0 Å². The summed E-state index contributed by atoms with van der Waals surface area (Å²) in [6, 6.07) is 13.3. The van der Waals surface area contributed by atoms with Crippen LogP contribution in [0.5, 0.6) is 0 Å². The van der Waals surface area contributed by atoms with E-state index in [0.29, 0.717) is 42.3 Å². The van der Waals surface area contributed by atoms with Crippen molar-refractivity contribution in [3.8, 4) is 0 Å². The maximum Gasteiger partial charge on any atom is 0.264 e. The minimum Gasteiger partial charge on any atom is -0.355 e. The van der Waals surface area contributed by atoms with Crippen LogP contribution in [0.15, 0.2) is 53.4 Å². The molecule has 9 nitrogen and oxygen atoms in total. The molecule has 38 heavy (non-hydrogen) atoms. The van der Waals surface area contributed by atoms with Crippen molar-refractivity contribution in [3.05, 3.63) is 75.7 Å². The Morgan fingerprint density at radius 1 is 0.947 bits per heavy atom. The minimum atomic E-state index is -3.79. The zero-order valence-corrected chi connectivity index (χ0v) is 22.7. The monoisotopic (exact) mass is 552 g/mol. The van der Waals surface area contributed by atoms with Gasteiger partial charge in [-0.1, -0.05) is 18.2 Å². The van der Waals surface area contributed by atoms with Gasteiger partial charge in [0.15, 0.2) is 0 Å². The Hall–Kier alpha value is -3.70. The van der Waals surface area contributed by atoms with Gasteiger partial charge in [0.05, 0.1) is 22.7 Å². The van der Waals surface area contributed by atoms with Gasteiger partial charge in [0.25, 0.3) is 21.8 Å². The molecule has 0 saturated heterocycles. The predicted octanol–water partition coefficient (Wildman–Crippen LogP) is 3.41. The van der Waals surface area contributed by atoms with Crippen molar-refractivity contribution >= 4 is 49.8 Å². The van der Waals surface area contributed by atoms with Crippen molar-refractivity contribution < 1.29 is 22.8 Å². The van der Waals surface area contributed by atoms with E-state index in [-0.39, 0.29) is 22.3 Å². The van der Waals surface area contributed by atoms with Crippen LogP contribution in [0.2, 0.25) is 0 Å². The molecule has 3 aromatic rings. The van der Waals surface area contributed by atoms with E-state index in [0.717, 1.165) is 28.8 Å². The van der Waals surface area contributed by atoms with E-state index in [9.17, 15) is 22.8 Å². The van der Waals surface area contributed by atoms with Gasteiger partial charge in [0.2, 0.25) is 5.91 Å². The molecule has 198 valence electrons. The molecule has 0 radical (unpaired) electrons. The molecule has 0 fully saturated rings. The van der Waals surface area contributed by atoms with Crippen molar-refractivity contribution in [2.45, 2.75) is 37.6 Å². The summed E-state index contributed by atoms with van der Waals surface area (Å²) in [5.41, 5.74) is 3.20. The fourth-order valence-corrected chi connectivity index (χ4v) is 7.75. The van der Waals surface area contributed by atoms with Crippen molar-refractivity contribution in [2.24, 2.45) is 0 Å². The van der Waals surface area contributed by atoms with Gasteiger partial charge in [0, 0.05) is 37.5 Å². The first-order valence-corrected chi connectivity index (χ1v) is 14.6. The Kier molecular flexibility index (Phi) is 6.97. The number of nitrogens with zero attached hydrogens (tertiary/aromatic N) is 2. The molecule has 0 spiro atoms. The third-order valence-electron chi connectivity index (χ3n) is 6.96. The highest BCUT2D eigenvalue weighted by molar-refractivity contribution is 7.92. The maximum atomic E-state index is 13.4. The van der Waals surface area contributed by atoms with Crippen LogP contribution < -0.4 is 14.9 Å². The smallest absolute Gasteiger partial charge is 0.264 e. The second-order valence-corrected chi connectivity index (χ2v) is 12.2. The molecule has 3 amide bonds. The lowest BCUT2D eigenvalue weighted by Gasteiger charge is -2.30. The van der Waals surface area contributed by atoms with Crippen molar-refractivity contribution in [1.29, 1.82) is 0 Å². The standard InChI is InChI=1S/C27H28N4O5S2/c1-17(32)30-15-13-21-23(16-30)37-27(24(21)26(34)28-2)29-25(33)19-9-11-20(12-10-19)38(35,36)31-14-5-7-18-6-3-4-8-22(18)31/h3-4,6,8-12H,5,7,13-16H2,1-2H3,(H,28,34)(H,29,33). The molecule has 2 N–H and O–H groups in total.